The Morgan fingerprint density at radius 3 is 2.52 bits per heavy atom. The minimum Gasteiger partial charge on any atom is -0.444 e. The fraction of sp³-hybridized carbons (Fsp3) is 0.280. The Morgan fingerprint density at radius 1 is 1.09 bits per heavy atom. The molecule has 3 N–H and O–H groups in total. The zero-order valence-corrected chi connectivity index (χ0v) is 19.9. The van der Waals surface area contributed by atoms with Crippen molar-refractivity contribution >= 4 is 39.9 Å². The average Bonchev–Trinajstić information content (AvgIpc) is 2.77. The van der Waals surface area contributed by atoms with Crippen LogP contribution in [0.15, 0.2) is 60.8 Å². The normalized spacial score (nSPS) is 13.1. The number of nitrogens with zero attached hydrogens (tertiary/aromatic N) is 1. The number of fused-ring (bicyclic) bond motifs is 1. The topological polar surface area (TPSA) is 92.4 Å². The fourth-order valence-corrected chi connectivity index (χ4v) is 3.48. The molecule has 2 aromatic carbocycles. The van der Waals surface area contributed by atoms with Gasteiger partial charge in [-0.15, -0.1) is 0 Å². The van der Waals surface area contributed by atoms with Crippen LogP contribution in [0.2, 0.25) is 0 Å². The monoisotopic (exact) mass is 463 g/mol. The first-order valence-electron chi connectivity index (χ1n) is 10.5. The summed E-state index contributed by atoms with van der Waals surface area (Å²) in [5.41, 5.74) is 4.92. The molecule has 0 fully saturated rings. The predicted molar refractivity (Wildman–Crippen MR) is 132 cm³/mol. The second kappa shape index (κ2) is 10.1. The molecule has 2 amide bonds. The highest BCUT2D eigenvalue weighted by Crippen LogP contribution is 2.18. The van der Waals surface area contributed by atoms with Crippen LogP contribution in [0.25, 0.3) is 10.8 Å². The van der Waals surface area contributed by atoms with E-state index in [1.807, 2.05) is 36.4 Å². The number of pyridine rings is 1. The van der Waals surface area contributed by atoms with Crippen molar-refractivity contribution in [3.63, 3.8) is 0 Å². The molecule has 171 valence electrons. The lowest BCUT2D eigenvalue weighted by Gasteiger charge is -2.33. The number of carbonyl (C=O) groups excluding carboxylic acids is 2. The number of alkyl carbamates (subject to hydrolysis) is 1. The van der Waals surface area contributed by atoms with Gasteiger partial charge in [-0.3, -0.25) is 15.2 Å². The van der Waals surface area contributed by atoms with E-state index in [1.54, 1.807) is 52.1 Å². The lowest BCUT2D eigenvalue weighted by molar-refractivity contribution is 0.0491. The molecule has 3 aromatic rings. The first-order valence-corrected chi connectivity index (χ1v) is 10.9. The van der Waals surface area contributed by atoms with Gasteiger partial charge in [-0.05, 0) is 56.8 Å². The third kappa shape index (κ3) is 6.34. The van der Waals surface area contributed by atoms with Gasteiger partial charge in [0.25, 0.3) is 5.91 Å². The SMILES string of the molecule is CC(C)(C)OC(=O)NC(C)(CNNC(=O)c1nccc2c[c]ccc12)C(=S)c1ccccc1. The summed E-state index contributed by atoms with van der Waals surface area (Å²) in [6, 6.07) is 19.5. The van der Waals surface area contributed by atoms with Crippen LogP contribution in [0.3, 0.4) is 0 Å². The molecule has 3 rings (SSSR count). The summed E-state index contributed by atoms with van der Waals surface area (Å²) in [7, 11) is 0. The zero-order chi connectivity index (χ0) is 24.1. The third-order valence-corrected chi connectivity index (χ3v) is 5.47. The zero-order valence-electron chi connectivity index (χ0n) is 19.1. The van der Waals surface area contributed by atoms with Crippen LogP contribution in [0.5, 0.6) is 0 Å². The Balaban J connectivity index is 1.76. The Morgan fingerprint density at radius 2 is 1.82 bits per heavy atom. The van der Waals surface area contributed by atoms with Crippen LogP contribution in [0, 0.1) is 6.07 Å². The molecule has 1 aromatic heterocycles. The molecule has 1 unspecified atom stereocenters. The number of thiocarbonyl (C=S) groups is 1. The molecule has 0 aliphatic carbocycles. The van der Waals surface area contributed by atoms with E-state index in [0.717, 1.165) is 10.9 Å². The van der Waals surface area contributed by atoms with Crippen molar-refractivity contribution in [3.8, 4) is 0 Å². The number of benzene rings is 2. The van der Waals surface area contributed by atoms with E-state index in [2.05, 4.69) is 27.2 Å². The van der Waals surface area contributed by atoms with Gasteiger partial charge in [-0.2, -0.15) is 0 Å². The van der Waals surface area contributed by atoms with Gasteiger partial charge in [0.15, 0.2) is 0 Å². The van der Waals surface area contributed by atoms with Crippen LogP contribution >= 0.6 is 12.2 Å². The summed E-state index contributed by atoms with van der Waals surface area (Å²) >= 11 is 5.71. The van der Waals surface area contributed by atoms with Gasteiger partial charge in [0, 0.05) is 23.0 Å². The van der Waals surface area contributed by atoms with Gasteiger partial charge < -0.3 is 10.1 Å². The fourth-order valence-electron chi connectivity index (χ4n) is 3.22. The summed E-state index contributed by atoms with van der Waals surface area (Å²) < 4.78 is 5.43. The lowest BCUT2D eigenvalue weighted by atomic mass is 9.92. The maximum Gasteiger partial charge on any atom is 0.408 e. The van der Waals surface area contributed by atoms with Crippen LogP contribution in [-0.4, -0.2) is 39.5 Å². The molecular formula is C25H27N4O3S. The number of amides is 2. The standard InChI is InChI=1S/C25H27N4O3S/c1-24(2,3)32-23(31)28-25(4,21(33)18-11-6-5-7-12-18)16-27-29-22(30)20-19-13-9-8-10-17(19)14-15-26-20/h5-7,9-15,27H,16H2,1-4H3,(H,28,31)(H,29,30). The van der Waals surface area contributed by atoms with E-state index in [4.69, 9.17) is 17.0 Å². The second-order valence-electron chi connectivity index (χ2n) is 8.77. The minimum atomic E-state index is -1.03. The molecule has 7 nitrogen and oxygen atoms in total. The van der Waals surface area contributed by atoms with Crippen molar-refractivity contribution in [1.29, 1.82) is 0 Å². The molecular weight excluding hydrogens is 436 g/mol. The number of hydrogen-bond donors (Lipinski definition) is 3. The Hall–Kier alpha value is -3.36. The van der Waals surface area contributed by atoms with Gasteiger partial charge in [-0.1, -0.05) is 54.7 Å². The maximum atomic E-state index is 12.8. The van der Waals surface area contributed by atoms with Gasteiger partial charge >= 0.3 is 6.09 Å². The van der Waals surface area contributed by atoms with Crippen molar-refractivity contribution in [2.24, 2.45) is 0 Å². The molecule has 33 heavy (non-hydrogen) atoms. The van der Waals surface area contributed by atoms with E-state index in [1.165, 1.54) is 0 Å². The number of carbonyl (C=O) groups is 2. The Bertz CT molecular complexity index is 1160. The smallest absolute Gasteiger partial charge is 0.408 e. The highest BCUT2D eigenvalue weighted by atomic mass is 32.1. The van der Waals surface area contributed by atoms with Crippen LogP contribution in [0.4, 0.5) is 4.79 Å². The predicted octanol–water partition coefficient (Wildman–Crippen LogP) is 3.97. The molecule has 1 atom stereocenters. The molecule has 0 spiro atoms. The van der Waals surface area contributed by atoms with E-state index in [-0.39, 0.29) is 12.2 Å². The average molecular weight is 464 g/mol. The highest BCUT2D eigenvalue weighted by Gasteiger charge is 2.34. The molecule has 1 radical (unpaired) electrons. The summed E-state index contributed by atoms with van der Waals surface area (Å²) in [6.07, 6.45) is 0.965. The van der Waals surface area contributed by atoms with Gasteiger partial charge in [0.1, 0.15) is 11.3 Å². The summed E-state index contributed by atoms with van der Waals surface area (Å²) in [5.74, 6) is -0.406. The summed E-state index contributed by atoms with van der Waals surface area (Å²) in [4.78, 5) is 30.1. The van der Waals surface area contributed by atoms with Crippen molar-refractivity contribution in [1.82, 2.24) is 21.2 Å². The lowest BCUT2D eigenvalue weighted by Crippen LogP contribution is -2.60. The molecule has 1 heterocycles. The highest BCUT2D eigenvalue weighted by molar-refractivity contribution is 7.81. The number of rotatable bonds is 7. The molecule has 0 saturated carbocycles. The first kappa shape index (κ1) is 24.3. The molecule has 8 heteroatoms. The number of hydrogen-bond acceptors (Lipinski definition) is 6. The van der Waals surface area contributed by atoms with Crippen molar-refractivity contribution in [3.05, 3.63) is 78.1 Å². The number of nitrogens with one attached hydrogen (secondary N) is 3. The second-order valence-corrected chi connectivity index (χ2v) is 9.18. The van der Waals surface area contributed by atoms with E-state index in [9.17, 15) is 9.59 Å². The number of aromatic nitrogens is 1. The van der Waals surface area contributed by atoms with E-state index < -0.39 is 23.1 Å². The van der Waals surface area contributed by atoms with Crippen LogP contribution < -0.4 is 16.2 Å². The summed E-state index contributed by atoms with van der Waals surface area (Å²) in [5, 5.41) is 4.43. The molecule has 0 aliphatic rings. The van der Waals surface area contributed by atoms with Crippen LogP contribution in [-0.2, 0) is 4.74 Å². The van der Waals surface area contributed by atoms with Gasteiger partial charge in [0.2, 0.25) is 0 Å². The Labute approximate surface area is 198 Å². The minimum absolute atomic E-state index is 0.115. The van der Waals surface area contributed by atoms with Gasteiger partial charge in [0.05, 0.1) is 5.54 Å². The summed E-state index contributed by atoms with van der Waals surface area (Å²) in [6.45, 7) is 7.24. The van der Waals surface area contributed by atoms with Crippen LogP contribution in [0.1, 0.15) is 43.7 Å². The Kier molecular flexibility index (Phi) is 7.40. The largest absolute Gasteiger partial charge is 0.444 e. The maximum absolute atomic E-state index is 12.8. The molecule has 0 saturated heterocycles. The molecule has 0 aliphatic heterocycles. The third-order valence-electron chi connectivity index (χ3n) is 4.78. The quantitative estimate of drug-likeness (QED) is 0.279. The van der Waals surface area contributed by atoms with E-state index in [0.29, 0.717) is 10.3 Å². The van der Waals surface area contributed by atoms with Gasteiger partial charge in [-0.25, -0.2) is 10.2 Å². The first-order chi connectivity index (χ1) is 15.6. The number of ether oxygens (including phenoxy) is 1. The van der Waals surface area contributed by atoms with E-state index >= 15 is 0 Å². The van der Waals surface area contributed by atoms with Crippen molar-refractivity contribution in [2.75, 3.05) is 6.54 Å². The van der Waals surface area contributed by atoms with Crippen molar-refractivity contribution < 1.29 is 14.3 Å². The molecule has 0 bridgehead atoms. The number of hydrazine groups is 1. The van der Waals surface area contributed by atoms with Crippen molar-refractivity contribution in [2.45, 2.75) is 38.8 Å².